The van der Waals surface area contributed by atoms with Crippen LogP contribution in [-0.4, -0.2) is 9.97 Å². The molecule has 0 saturated heterocycles. The van der Waals surface area contributed by atoms with Crippen LogP contribution in [0, 0.1) is 12.1 Å². The smallest absolute Gasteiger partial charge is 0.305 e. The van der Waals surface area contributed by atoms with Gasteiger partial charge in [-0.25, -0.2) is 0 Å². The fraction of sp³-hybridized carbons (Fsp3) is 0.0204. The van der Waals surface area contributed by atoms with E-state index in [2.05, 4.69) is 182 Å². The predicted octanol–water partition coefficient (Wildman–Crippen LogP) is 11.7. The first-order valence-corrected chi connectivity index (χ1v) is 17.3. The van der Waals surface area contributed by atoms with Gasteiger partial charge in [0.15, 0.2) is 0 Å². The van der Waals surface area contributed by atoms with E-state index in [0.29, 0.717) is 0 Å². The number of nitrogens with zero attached hydrogens (tertiary/aromatic N) is 2. The molecule has 1 aliphatic rings. The molecule has 10 rings (SSSR count). The largest absolute Gasteiger partial charge is 2.00 e. The van der Waals surface area contributed by atoms with E-state index in [0.717, 1.165) is 66.3 Å². The number of aromatic nitrogens is 2. The van der Waals surface area contributed by atoms with Crippen molar-refractivity contribution in [2.75, 3.05) is 0 Å². The first-order valence-electron chi connectivity index (χ1n) is 17.3. The molecule has 0 fully saturated rings. The van der Waals surface area contributed by atoms with Crippen LogP contribution < -0.4 is 0 Å². The van der Waals surface area contributed by atoms with Crippen LogP contribution in [0.1, 0.15) is 22.3 Å². The van der Waals surface area contributed by atoms with E-state index in [-0.39, 0.29) is 21.1 Å². The summed E-state index contributed by atoms with van der Waals surface area (Å²) >= 11 is 0. The molecule has 52 heavy (non-hydrogen) atoms. The van der Waals surface area contributed by atoms with E-state index in [1.54, 1.807) is 0 Å². The number of hydrogen-bond donors (Lipinski definition) is 0. The normalized spacial score (nSPS) is 12.6. The van der Waals surface area contributed by atoms with Crippen LogP contribution in [0.3, 0.4) is 0 Å². The fourth-order valence-corrected chi connectivity index (χ4v) is 8.05. The summed E-state index contributed by atoms with van der Waals surface area (Å²) in [6, 6.07) is 68.3. The molecule has 0 unspecified atom stereocenters. The van der Waals surface area contributed by atoms with E-state index < -0.39 is 5.41 Å². The number of fused-ring (bicyclic) bond motifs is 5. The molecular weight excluding hydrogens is 812 g/mol. The van der Waals surface area contributed by atoms with Crippen molar-refractivity contribution in [1.82, 2.24) is 9.97 Å². The Balaban J connectivity index is 0.00000360. The van der Waals surface area contributed by atoms with Crippen molar-refractivity contribution in [3.63, 3.8) is 0 Å². The summed E-state index contributed by atoms with van der Waals surface area (Å²) in [6.45, 7) is 0. The summed E-state index contributed by atoms with van der Waals surface area (Å²) in [5.41, 5.74) is 12.3. The molecule has 2 heterocycles. The van der Waals surface area contributed by atoms with Gasteiger partial charge in [0.05, 0.1) is 0 Å². The Morgan fingerprint density at radius 1 is 0.442 bits per heavy atom. The predicted molar refractivity (Wildman–Crippen MR) is 208 cm³/mol. The zero-order valence-corrected chi connectivity index (χ0v) is 30.3. The second kappa shape index (κ2) is 13.0. The zero-order chi connectivity index (χ0) is 33.8. The third kappa shape index (κ3) is 5.06. The van der Waals surface area contributed by atoms with Gasteiger partial charge in [0.2, 0.25) is 0 Å². The van der Waals surface area contributed by atoms with Crippen molar-refractivity contribution in [2.24, 2.45) is 0 Å². The zero-order valence-electron chi connectivity index (χ0n) is 28.0. The van der Waals surface area contributed by atoms with Gasteiger partial charge in [0, 0.05) is 17.8 Å². The van der Waals surface area contributed by atoms with Crippen LogP contribution in [0.2, 0.25) is 0 Å². The van der Waals surface area contributed by atoms with Crippen molar-refractivity contribution in [3.05, 3.63) is 217 Å². The molecule has 0 radical (unpaired) electrons. The fourth-order valence-electron chi connectivity index (χ4n) is 8.05. The Kier molecular flexibility index (Phi) is 7.99. The number of rotatable bonds is 5. The van der Waals surface area contributed by atoms with Gasteiger partial charge in [-0.3, -0.25) is 0 Å². The average molecular weight is 842 g/mol. The Hall–Kier alpha value is -5.95. The van der Waals surface area contributed by atoms with Crippen LogP contribution in [0.15, 0.2) is 182 Å². The maximum Gasteiger partial charge on any atom is 2.00 e. The van der Waals surface area contributed by atoms with Gasteiger partial charge in [-0.05, 0) is 61.6 Å². The molecule has 0 saturated carbocycles. The summed E-state index contributed by atoms with van der Waals surface area (Å²) in [4.78, 5) is 9.88. The molecule has 0 aliphatic heterocycles. The second-order valence-electron chi connectivity index (χ2n) is 13.2. The third-order valence-corrected chi connectivity index (χ3v) is 10.4. The molecule has 0 atom stereocenters. The first kappa shape index (κ1) is 32.0. The van der Waals surface area contributed by atoms with E-state index in [4.69, 9.17) is 9.97 Å². The minimum atomic E-state index is -0.699. The molecule has 0 spiro atoms. The summed E-state index contributed by atoms with van der Waals surface area (Å²) in [5.74, 6) is 0. The molecule has 9 aromatic rings. The van der Waals surface area contributed by atoms with Gasteiger partial charge in [0.25, 0.3) is 0 Å². The number of pyridine rings is 2. The molecule has 246 valence electrons. The molecule has 0 N–H and O–H groups in total. The van der Waals surface area contributed by atoms with E-state index >= 15 is 0 Å². The molecule has 7 aromatic carbocycles. The summed E-state index contributed by atoms with van der Waals surface area (Å²) < 4.78 is 0. The molecule has 2 nitrogen and oxygen atoms in total. The van der Waals surface area contributed by atoms with Gasteiger partial charge < -0.3 is 9.97 Å². The summed E-state index contributed by atoms with van der Waals surface area (Å²) in [6.07, 6.45) is 3.87. The minimum Gasteiger partial charge on any atom is -0.305 e. The van der Waals surface area contributed by atoms with Crippen molar-refractivity contribution in [2.45, 2.75) is 5.41 Å². The molecule has 2 aromatic heterocycles. The molecule has 1 aliphatic carbocycles. The SMILES string of the molecule is [Pt+2].[c-]1c(-c2cc3ccccc3cn2)cccc1C1(c2[c-]c(-c3cc(-c4ccccc4)ccn3)c3ccccc3c2)c2ccccc2-c2ccccc21. The van der Waals surface area contributed by atoms with Crippen molar-refractivity contribution >= 4 is 21.5 Å². The molecular formula is C49H30N2Pt. The van der Waals surface area contributed by atoms with Gasteiger partial charge >= 0.3 is 21.1 Å². The van der Waals surface area contributed by atoms with Gasteiger partial charge in [-0.15, -0.1) is 64.0 Å². The second-order valence-corrected chi connectivity index (χ2v) is 13.2. The average Bonchev–Trinajstić information content (AvgIpc) is 3.52. The topological polar surface area (TPSA) is 25.8 Å². The Morgan fingerprint density at radius 2 is 1.12 bits per heavy atom. The van der Waals surface area contributed by atoms with Gasteiger partial charge in [-0.1, -0.05) is 145 Å². The van der Waals surface area contributed by atoms with Crippen molar-refractivity contribution < 1.29 is 21.1 Å². The van der Waals surface area contributed by atoms with Crippen molar-refractivity contribution in [3.8, 4) is 44.8 Å². The van der Waals surface area contributed by atoms with Crippen LogP contribution in [0.5, 0.6) is 0 Å². The Labute approximate surface area is 317 Å². The molecule has 0 amide bonds. The third-order valence-electron chi connectivity index (χ3n) is 10.4. The van der Waals surface area contributed by atoms with Gasteiger partial charge in [0.1, 0.15) is 0 Å². The summed E-state index contributed by atoms with van der Waals surface area (Å²) in [5, 5.41) is 4.54. The summed E-state index contributed by atoms with van der Waals surface area (Å²) in [7, 11) is 0. The Bertz CT molecular complexity index is 2720. The molecule has 0 bridgehead atoms. The monoisotopic (exact) mass is 841 g/mol. The van der Waals surface area contributed by atoms with Crippen LogP contribution in [-0.2, 0) is 26.5 Å². The standard InChI is InChI=1S/C49H30N2.Pt/c1-2-13-33(14-3-1)35-25-26-50-48(30-35)44-31-40(27-36-16-6-7-20-41(36)44)49(45-23-10-8-21-42(45)43-22-9-11-24-46(43)49)39-19-12-18-37(28-39)47-29-34-15-4-5-17-38(34)32-51-47;/h1-27,29-30,32H;/q-2;+2. The Morgan fingerprint density at radius 3 is 1.90 bits per heavy atom. The van der Waals surface area contributed by atoms with Crippen LogP contribution in [0.4, 0.5) is 0 Å². The maximum atomic E-state index is 4.97. The van der Waals surface area contributed by atoms with Crippen LogP contribution in [0.25, 0.3) is 66.3 Å². The number of hydrogen-bond acceptors (Lipinski definition) is 2. The van der Waals surface area contributed by atoms with Gasteiger partial charge in [-0.2, -0.15) is 0 Å². The minimum absolute atomic E-state index is 0. The quantitative estimate of drug-likeness (QED) is 0.161. The van der Waals surface area contributed by atoms with E-state index in [1.165, 1.54) is 22.3 Å². The maximum absolute atomic E-state index is 4.97. The molecule has 3 heteroatoms. The van der Waals surface area contributed by atoms with Crippen molar-refractivity contribution in [1.29, 1.82) is 0 Å². The van der Waals surface area contributed by atoms with E-state index in [9.17, 15) is 0 Å². The van der Waals surface area contributed by atoms with E-state index in [1.807, 2.05) is 12.4 Å². The number of benzene rings is 7. The van der Waals surface area contributed by atoms with Crippen LogP contribution >= 0.6 is 0 Å². The first-order chi connectivity index (χ1) is 25.3.